The Labute approximate surface area is 166 Å². The molecule has 0 aliphatic heterocycles. The van der Waals surface area contributed by atoms with Gasteiger partial charge in [-0.15, -0.1) is 0 Å². The smallest absolute Gasteiger partial charge is 0.0857 e. The third-order valence-electron chi connectivity index (χ3n) is 4.95. The van der Waals surface area contributed by atoms with E-state index < -0.39 is 0 Å². The molecule has 0 saturated carbocycles. The van der Waals surface area contributed by atoms with Crippen LogP contribution in [0.25, 0.3) is 5.57 Å². The van der Waals surface area contributed by atoms with E-state index in [0.717, 1.165) is 61.3 Å². The first kappa shape index (κ1) is 18.2. The second kappa shape index (κ2) is 9.18. The van der Waals surface area contributed by atoms with E-state index in [1.54, 1.807) is 0 Å². The van der Waals surface area contributed by atoms with Crippen molar-refractivity contribution < 1.29 is 0 Å². The van der Waals surface area contributed by atoms with Crippen molar-refractivity contribution in [2.45, 2.75) is 38.5 Å². The standard InChI is InChI=1S/C24H24N4/c1-3-7-21(8-4-1)25-27-23-15-11-19(12-16-23)20-13-17-24(18-14-20)28-26-22-9-5-2-6-10-22/h1-3,5,7,9,11-13,15-17H,4,6,8,10,14,18H2/b27-25+,28-26+. The second-order valence-corrected chi connectivity index (χ2v) is 7.05. The zero-order valence-electron chi connectivity index (χ0n) is 16.0. The molecule has 1 aromatic rings. The molecule has 0 aromatic heterocycles. The van der Waals surface area contributed by atoms with Crippen LogP contribution in [0.5, 0.6) is 0 Å². The topological polar surface area (TPSA) is 49.4 Å². The van der Waals surface area contributed by atoms with E-state index in [1.165, 1.54) is 11.1 Å². The molecule has 28 heavy (non-hydrogen) atoms. The molecule has 0 amide bonds. The minimum atomic E-state index is 0.885. The average Bonchev–Trinajstić information content (AvgIpc) is 2.78. The lowest BCUT2D eigenvalue weighted by Gasteiger charge is -2.12. The Morgan fingerprint density at radius 2 is 1.14 bits per heavy atom. The molecule has 0 saturated heterocycles. The van der Waals surface area contributed by atoms with Crippen molar-refractivity contribution in [1.82, 2.24) is 0 Å². The van der Waals surface area contributed by atoms with E-state index in [1.807, 2.05) is 30.4 Å². The van der Waals surface area contributed by atoms with Crippen molar-refractivity contribution in [3.8, 4) is 0 Å². The highest BCUT2D eigenvalue weighted by Crippen LogP contribution is 2.29. The van der Waals surface area contributed by atoms with Gasteiger partial charge in [-0.25, -0.2) is 0 Å². The summed E-state index contributed by atoms with van der Waals surface area (Å²) in [4.78, 5) is 0. The first-order valence-corrected chi connectivity index (χ1v) is 9.92. The van der Waals surface area contributed by atoms with Crippen LogP contribution in [-0.2, 0) is 0 Å². The summed E-state index contributed by atoms with van der Waals surface area (Å²) in [5.74, 6) is 0. The Balaban J connectivity index is 1.39. The molecule has 0 heterocycles. The molecule has 3 aliphatic carbocycles. The normalized spacial score (nSPS) is 19.6. The van der Waals surface area contributed by atoms with Gasteiger partial charge in [-0.3, -0.25) is 0 Å². The first-order valence-electron chi connectivity index (χ1n) is 9.92. The van der Waals surface area contributed by atoms with Crippen LogP contribution in [0.4, 0.5) is 5.69 Å². The van der Waals surface area contributed by atoms with Gasteiger partial charge in [0.05, 0.1) is 22.8 Å². The maximum atomic E-state index is 4.42. The summed E-state index contributed by atoms with van der Waals surface area (Å²) < 4.78 is 0. The molecule has 4 rings (SSSR count). The quantitative estimate of drug-likeness (QED) is 0.477. The molecular weight excluding hydrogens is 344 g/mol. The number of azo groups is 2. The Bertz CT molecular complexity index is 951. The van der Waals surface area contributed by atoms with Crippen molar-refractivity contribution in [2.75, 3.05) is 0 Å². The molecule has 0 atom stereocenters. The maximum absolute atomic E-state index is 4.42. The van der Waals surface area contributed by atoms with Crippen LogP contribution in [0.1, 0.15) is 44.1 Å². The van der Waals surface area contributed by atoms with E-state index in [9.17, 15) is 0 Å². The highest BCUT2D eigenvalue weighted by Gasteiger charge is 2.09. The van der Waals surface area contributed by atoms with Crippen LogP contribution in [0, 0.1) is 0 Å². The van der Waals surface area contributed by atoms with Gasteiger partial charge >= 0.3 is 0 Å². The van der Waals surface area contributed by atoms with Crippen molar-refractivity contribution in [2.24, 2.45) is 20.5 Å². The summed E-state index contributed by atoms with van der Waals surface area (Å²) in [7, 11) is 0. The van der Waals surface area contributed by atoms with Gasteiger partial charge < -0.3 is 0 Å². The summed E-state index contributed by atoms with van der Waals surface area (Å²) >= 11 is 0. The third kappa shape index (κ3) is 4.97. The second-order valence-electron chi connectivity index (χ2n) is 7.05. The molecule has 0 unspecified atom stereocenters. The molecule has 3 aliphatic rings. The fraction of sp³-hybridized carbons (Fsp3) is 0.250. The SMILES string of the molecule is C1=CCCC(/N=N/C2=CC=C(c3ccc(/N=N/C4=CC=CCC4)cc3)CC2)=C1. The van der Waals surface area contributed by atoms with Gasteiger partial charge in [0.1, 0.15) is 0 Å². The molecule has 4 heteroatoms. The van der Waals surface area contributed by atoms with Gasteiger partial charge in [-0.1, -0.05) is 42.5 Å². The molecule has 0 bridgehead atoms. The zero-order chi connectivity index (χ0) is 19.0. The maximum Gasteiger partial charge on any atom is 0.0857 e. The number of nitrogens with zero attached hydrogens (tertiary/aromatic N) is 4. The van der Waals surface area contributed by atoms with E-state index in [2.05, 4.69) is 63.0 Å². The fourth-order valence-corrected chi connectivity index (χ4v) is 3.29. The van der Waals surface area contributed by atoms with Crippen molar-refractivity contribution in [3.05, 3.63) is 95.5 Å². The van der Waals surface area contributed by atoms with Gasteiger partial charge in [0.15, 0.2) is 0 Å². The zero-order valence-corrected chi connectivity index (χ0v) is 16.0. The number of allylic oxidation sites excluding steroid dienone is 12. The number of hydrogen-bond donors (Lipinski definition) is 0. The van der Waals surface area contributed by atoms with E-state index in [0.29, 0.717) is 0 Å². The van der Waals surface area contributed by atoms with Crippen LogP contribution in [-0.4, -0.2) is 0 Å². The van der Waals surface area contributed by atoms with Crippen molar-refractivity contribution in [3.63, 3.8) is 0 Å². The van der Waals surface area contributed by atoms with Gasteiger partial charge in [0, 0.05) is 0 Å². The fourth-order valence-electron chi connectivity index (χ4n) is 3.29. The highest BCUT2D eigenvalue weighted by molar-refractivity contribution is 5.69. The predicted molar refractivity (Wildman–Crippen MR) is 114 cm³/mol. The van der Waals surface area contributed by atoms with Gasteiger partial charge in [-0.05, 0) is 80.0 Å². The van der Waals surface area contributed by atoms with E-state index in [4.69, 9.17) is 0 Å². The molecule has 0 N–H and O–H groups in total. The lowest BCUT2D eigenvalue weighted by Crippen LogP contribution is -1.92. The van der Waals surface area contributed by atoms with Crippen LogP contribution >= 0.6 is 0 Å². The minimum Gasteiger partial charge on any atom is -0.155 e. The molecule has 0 fully saturated rings. The first-order chi connectivity index (χ1) is 13.9. The largest absolute Gasteiger partial charge is 0.155 e. The van der Waals surface area contributed by atoms with Crippen LogP contribution in [0.15, 0.2) is 110 Å². The van der Waals surface area contributed by atoms with Crippen LogP contribution in [0.3, 0.4) is 0 Å². The summed E-state index contributed by atoms with van der Waals surface area (Å²) in [6.45, 7) is 0. The molecule has 4 nitrogen and oxygen atoms in total. The van der Waals surface area contributed by atoms with Gasteiger partial charge in [-0.2, -0.15) is 20.5 Å². The van der Waals surface area contributed by atoms with Crippen LogP contribution < -0.4 is 0 Å². The Hall–Kier alpha value is -3.14. The number of benzene rings is 1. The molecule has 0 spiro atoms. The average molecular weight is 368 g/mol. The summed E-state index contributed by atoms with van der Waals surface area (Å²) in [5, 5.41) is 17.5. The van der Waals surface area contributed by atoms with Crippen molar-refractivity contribution >= 4 is 11.3 Å². The van der Waals surface area contributed by atoms with E-state index >= 15 is 0 Å². The molecule has 1 aromatic carbocycles. The van der Waals surface area contributed by atoms with Crippen molar-refractivity contribution in [1.29, 1.82) is 0 Å². The monoisotopic (exact) mass is 368 g/mol. The summed E-state index contributed by atoms with van der Waals surface area (Å²) in [6, 6.07) is 8.30. The highest BCUT2D eigenvalue weighted by atomic mass is 15.1. The summed E-state index contributed by atoms with van der Waals surface area (Å²) in [5.41, 5.74) is 6.57. The number of rotatable bonds is 5. The lowest BCUT2D eigenvalue weighted by atomic mass is 9.96. The Morgan fingerprint density at radius 1 is 0.536 bits per heavy atom. The lowest BCUT2D eigenvalue weighted by molar-refractivity contribution is 0.865. The van der Waals surface area contributed by atoms with Gasteiger partial charge in [0.2, 0.25) is 0 Å². The Kier molecular flexibility index (Phi) is 5.98. The number of hydrogen-bond acceptors (Lipinski definition) is 4. The summed E-state index contributed by atoms with van der Waals surface area (Å²) in [6.07, 6.45) is 22.6. The van der Waals surface area contributed by atoms with Crippen LogP contribution in [0.2, 0.25) is 0 Å². The Morgan fingerprint density at radius 3 is 1.68 bits per heavy atom. The van der Waals surface area contributed by atoms with E-state index in [-0.39, 0.29) is 0 Å². The molecular formula is C24H24N4. The minimum absolute atomic E-state index is 0.885. The third-order valence-corrected chi connectivity index (χ3v) is 4.95. The molecule has 0 radical (unpaired) electrons. The molecule has 140 valence electrons. The predicted octanol–water partition coefficient (Wildman–Crippen LogP) is 7.75. The van der Waals surface area contributed by atoms with Gasteiger partial charge in [0.25, 0.3) is 0 Å².